The van der Waals surface area contributed by atoms with Crippen molar-refractivity contribution in [1.29, 1.82) is 0 Å². The van der Waals surface area contributed by atoms with Crippen LogP contribution >= 0.6 is 0 Å². The van der Waals surface area contributed by atoms with Gasteiger partial charge in [-0.3, -0.25) is 0 Å². The van der Waals surface area contributed by atoms with E-state index in [1.54, 1.807) is 0 Å². The molecule has 0 aromatic rings. The third-order valence-electron chi connectivity index (χ3n) is 9.94. The molecule has 0 saturated heterocycles. The van der Waals surface area contributed by atoms with Crippen LogP contribution in [0.4, 0.5) is 0 Å². The molecule has 6 aliphatic carbocycles. The molecule has 0 aromatic heterocycles. The molecule has 23 heavy (non-hydrogen) atoms. The summed E-state index contributed by atoms with van der Waals surface area (Å²) in [5.41, 5.74) is 1.19. The molecule has 0 aliphatic heterocycles. The van der Waals surface area contributed by atoms with Gasteiger partial charge in [0.2, 0.25) is 0 Å². The molecule has 6 fully saturated rings. The Morgan fingerprint density at radius 1 is 0.739 bits per heavy atom. The first-order chi connectivity index (χ1) is 10.7. The van der Waals surface area contributed by atoms with Gasteiger partial charge in [0.05, 0.1) is 0 Å². The molecule has 6 rings (SSSR count). The van der Waals surface area contributed by atoms with Crippen LogP contribution in [0, 0.1) is 46.3 Å². The van der Waals surface area contributed by atoms with Crippen molar-refractivity contribution in [2.24, 2.45) is 46.3 Å². The van der Waals surface area contributed by atoms with Gasteiger partial charge in [0.15, 0.2) is 0 Å². The van der Waals surface area contributed by atoms with Crippen molar-refractivity contribution < 1.29 is 4.65 Å². The number of hydrogen-bond donors (Lipinski definition) is 0. The zero-order chi connectivity index (χ0) is 16.7. The highest BCUT2D eigenvalue weighted by atomic mass is 16.4. The molecule has 8 atom stereocenters. The average Bonchev–Trinajstić information content (AvgIpc) is 2.49. The van der Waals surface area contributed by atoms with Crippen LogP contribution in [-0.4, -0.2) is 14.0 Å². The Hall–Kier alpha value is 0.0249. The summed E-state index contributed by atoms with van der Waals surface area (Å²) in [6.07, 6.45) is 5.81. The predicted octanol–water partition coefficient (Wildman–Crippen LogP) is 5.77. The lowest BCUT2D eigenvalue weighted by molar-refractivity contribution is -0.110. The van der Waals surface area contributed by atoms with E-state index >= 15 is 0 Å². The highest BCUT2D eigenvalue weighted by molar-refractivity contribution is 6.55. The van der Waals surface area contributed by atoms with E-state index in [9.17, 15) is 0 Å². The van der Waals surface area contributed by atoms with Crippen molar-refractivity contribution >= 4 is 6.92 Å². The van der Waals surface area contributed by atoms with Crippen LogP contribution in [0.5, 0.6) is 0 Å². The highest BCUT2D eigenvalue weighted by Crippen LogP contribution is 2.69. The van der Waals surface area contributed by atoms with Crippen molar-refractivity contribution in [2.75, 3.05) is 7.11 Å². The monoisotopic (exact) mass is 316 g/mol. The number of hydrogen-bond acceptors (Lipinski definition) is 1. The van der Waals surface area contributed by atoms with Gasteiger partial charge in [0.1, 0.15) is 0 Å². The molecule has 0 heterocycles. The molecule has 0 radical (unpaired) electrons. The topological polar surface area (TPSA) is 9.23 Å². The second kappa shape index (κ2) is 5.02. The summed E-state index contributed by atoms with van der Waals surface area (Å²) in [6, 6.07) is 0. The Morgan fingerprint density at radius 2 is 1.13 bits per heavy atom. The minimum atomic E-state index is 0.516. The first-order valence-electron chi connectivity index (χ1n) is 10.2. The van der Waals surface area contributed by atoms with E-state index in [-0.39, 0.29) is 0 Å². The number of rotatable bonds is 3. The minimum absolute atomic E-state index is 0.516. The molecule has 0 aromatic carbocycles. The third kappa shape index (κ3) is 2.03. The molecule has 6 aliphatic rings. The first-order valence-corrected chi connectivity index (χ1v) is 10.2. The largest absolute Gasteiger partial charge is 0.438 e. The fraction of sp³-hybridized carbons (Fsp3) is 1.00. The molecule has 1 nitrogen and oxygen atoms in total. The Labute approximate surface area is 144 Å². The van der Waals surface area contributed by atoms with Crippen LogP contribution < -0.4 is 0 Å². The summed E-state index contributed by atoms with van der Waals surface area (Å²) in [5.74, 6) is 7.10. The normalized spacial score (nSPS) is 52.3. The third-order valence-corrected chi connectivity index (χ3v) is 9.94. The van der Waals surface area contributed by atoms with Crippen LogP contribution in [0.2, 0.25) is 11.6 Å². The maximum absolute atomic E-state index is 6.24. The van der Waals surface area contributed by atoms with E-state index in [0.29, 0.717) is 17.7 Å². The summed E-state index contributed by atoms with van der Waals surface area (Å²) in [7, 11) is 2.00. The molecule has 130 valence electrons. The number of fused-ring (bicyclic) bond motifs is 4. The van der Waals surface area contributed by atoms with Crippen LogP contribution in [0.3, 0.4) is 0 Å². The van der Waals surface area contributed by atoms with E-state index in [4.69, 9.17) is 4.65 Å². The van der Waals surface area contributed by atoms with E-state index in [2.05, 4.69) is 41.5 Å². The zero-order valence-corrected chi connectivity index (χ0v) is 16.4. The van der Waals surface area contributed by atoms with Crippen molar-refractivity contribution in [2.45, 2.75) is 78.9 Å². The summed E-state index contributed by atoms with van der Waals surface area (Å²) in [6.45, 7) is 15.7. The molecule has 0 N–H and O–H groups in total. The zero-order valence-electron chi connectivity index (χ0n) is 16.4. The Kier molecular flexibility index (Phi) is 3.60. The standard InChI is InChI=1S/C21H37BO/c1-12-16-8-14(20(16,3)4)10-18(12)22(23-7)19-11-15-9-17(13(19)2)21(15,5)6/h12-19H,8-11H2,1-7H3/t12-,13-,14+,15+,16-,17-,18+,19+/m0/s1. The SMILES string of the molecule is COB([C@@H]1C[C@H]2C[C@@H]([C@@H]1C)C2(C)C)[C@@H]1C[C@H]2C[C@@H]([C@@H]1C)C2(C)C. The lowest BCUT2D eigenvalue weighted by Crippen LogP contribution is -2.60. The first kappa shape index (κ1) is 16.5. The second-order valence-corrected chi connectivity index (χ2v) is 10.9. The molecule has 0 unspecified atom stereocenters. The Balaban J connectivity index is 1.52. The average molecular weight is 316 g/mol. The summed E-state index contributed by atoms with van der Waals surface area (Å²) < 4.78 is 6.24. The molecule has 4 bridgehead atoms. The molecule has 0 amide bonds. The second-order valence-electron chi connectivity index (χ2n) is 10.9. The fourth-order valence-corrected chi connectivity index (χ4v) is 7.91. The van der Waals surface area contributed by atoms with Crippen LogP contribution in [0.1, 0.15) is 67.2 Å². The van der Waals surface area contributed by atoms with Gasteiger partial charge < -0.3 is 4.65 Å². The fourth-order valence-electron chi connectivity index (χ4n) is 7.91. The quantitative estimate of drug-likeness (QED) is 0.601. The summed E-state index contributed by atoms with van der Waals surface area (Å²) in [4.78, 5) is 0. The maximum atomic E-state index is 6.24. The van der Waals surface area contributed by atoms with Gasteiger partial charge in [-0.2, -0.15) is 0 Å². The van der Waals surface area contributed by atoms with E-state index in [1.165, 1.54) is 25.7 Å². The molecular formula is C21H37BO. The van der Waals surface area contributed by atoms with Crippen molar-refractivity contribution in [3.63, 3.8) is 0 Å². The van der Waals surface area contributed by atoms with Gasteiger partial charge in [0.25, 0.3) is 6.92 Å². The Bertz CT molecular complexity index is 442. The maximum Gasteiger partial charge on any atom is 0.299 e. The van der Waals surface area contributed by atoms with Crippen molar-refractivity contribution in [3.05, 3.63) is 0 Å². The van der Waals surface area contributed by atoms with E-state index in [1.807, 2.05) is 7.11 Å². The van der Waals surface area contributed by atoms with E-state index in [0.717, 1.165) is 47.1 Å². The van der Waals surface area contributed by atoms with Gasteiger partial charge >= 0.3 is 0 Å². The molecular weight excluding hydrogens is 279 g/mol. The van der Waals surface area contributed by atoms with Crippen LogP contribution in [-0.2, 0) is 4.65 Å². The van der Waals surface area contributed by atoms with Crippen molar-refractivity contribution in [3.8, 4) is 0 Å². The minimum Gasteiger partial charge on any atom is -0.438 e. The molecule has 0 spiro atoms. The lowest BCUT2D eigenvalue weighted by atomic mass is 9.27. The summed E-state index contributed by atoms with van der Waals surface area (Å²) >= 11 is 0. The van der Waals surface area contributed by atoms with Crippen molar-refractivity contribution in [1.82, 2.24) is 0 Å². The lowest BCUT2D eigenvalue weighted by Gasteiger charge is -2.65. The highest BCUT2D eigenvalue weighted by Gasteiger charge is 2.62. The van der Waals surface area contributed by atoms with Gasteiger partial charge in [-0.05, 0) is 70.8 Å². The smallest absolute Gasteiger partial charge is 0.299 e. The van der Waals surface area contributed by atoms with Gasteiger partial charge in [-0.25, -0.2) is 0 Å². The van der Waals surface area contributed by atoms with Gasteiger partial charge in [0, 0.05) is 7.11 Å². The van der Waals surface area contributed by atoms with Crippen LogP contribution in [0.15, 0.2) is 0 Å². The van der Waals surface area contributed by atoms with Gasteiger partial charge in [-0.1, -0.05) is 54.4 Å². The van der Waals surface area contributed by atoms with Crippen LogP contribution in [0.25, 0.3) is 0 Å². The van der Waals surface area contributed by atoms with E-state index < -0.39 is 0 Å². The molecule has 2 heteroatoms. The summed E-state index contributed by atoms with van der Waals surface area (Å²) in [5, 5.41) is 0. The predicted molar refractivity (Wildman–Crippen MR) is 98.6 cm³/mol. The van der Waals surface area contributed by atoms with Gasteiger partial charge in [-0.15, -0.1) is 0 Å². The molecule has 6 saturated carbocycles. The Morgan fingerprint density at radius 3 is 1.39 bits per heavy atom.